The van der Waals surface area contributed by atoms with E-state index in [1.807, 2.05) is 11.6 Å². The molecule has 1 N–H and O–H groups in total. The van der Waals surface area contributed by atoms with Crippen molar-refractivity contribution in [2.45, 2.75) is 26.9 Å². The van der Waals surface area contributed by atoms with Crippen molar-refractivity contribution >= 4 is 44.2 Å². The molecule has 1 heterocycles. The van der Waals surface area contributed by atoms with Crippen LogP contribution in [0.5, 0.6) is 0 Å². The molecule has 0 aliphatic rings. The second kappa shape index (κ2) is 6.21. The van der Waals surface area contributed by atoms with Crippen molar-refractivity contribution in [2.24, 2.45) is 0 Å². The second-order valence-electron chi connectivity index (χ2n) is 4.14. The van der Waals surface area contributed by atoms with Crippen molar-refractivity contribution in [1.82, 2.24) is 9.78 Å². The van der Waals surface area contributed by atoms with Gasteiger partial charge in [0.2, 0.25) is 0 Å². The van der Waals surface area contributed by atoms with Gasteiger partial charge < -0.3 is 5.32 Å². The van der Waals surface area contributed by atoms with E-state index in [9.17, 15) is 4.39 Å². The molecule has 0 aliphatic heterocycles. The third-order valence-corrected chi connectivity index (χ3v) is 4.75. The average molecular weight is 438 g/mol. The lowest BCUT2D eigenvalue weighted by Gasteiger charge is -2.10. The van der Waals surface area contributed by atoms with Crippen molar-refractivity contribution in [2.75, 3.05) is 5.32 Å². The molecule has 0 atom stereocenters. The van der Waals surface area contributed by atoms with E-state index in [1.54, 1.807) is 6.07 Å². The summed E-state index contributed by atoms with van der Waals surface area (Å²) in [5, 5.41) is 7.77. The van der Waals surface area contributed by atoms with Gasteiger partial charge in [0.1, 0.15) is 5.82 Å². The first-order valence-electron chi connectivity index (χ1n) is 5.93. The fraction of sp³-hybridized carbons (Fsp3) is 0.308. The van der Waals surface area contributed by atoms with Crippen molar-refractivity contribution < 1.29 is 4.39 Å². The molecular weight excluding hydrogens is 424 g/mol. The van der Waals surface area contributed by atoms with Crippen LogP contribution in [-0.4, -0.2) is 9.78 Å². The van der Waals surface area contributed by atoms with Gasteiger partial charge in [0.05, 0.1) is 22.4 Å². The fourth-order valence-corrected chi connectivity index (χ4v) is 2.94. The Bertz CT molecular complexity index is 598. The Morgan fingerprint density at radius 1 is 1.47 bits per heavy atom. The van der Waals surface area contributed by atoms with E-state index in [0.29, 0.717) is 6.54 Å². The third-order valence-electron chi connectivity index (χ3n) is 2.83. The van der Waals surface area contributed by atoms with Gasteiger partial charge in [0, 0.05) is 15.8 Å². The zero-order chi connectivity index (χ0) is 14.0. The topological polar surface area (TPSA) is 29.9 Å². The van der Waals surface area contributed by atoms with Crippen LogP contribution in [0, 0.1) is 16.3 Å². The molecule has 0 aliphatic carbocycles. The zero-order valence-corrected chi connectivity index (χ0v) is 14.4. The molecule has 19 heavy (non-hydrogen) atoms. The monoisotopic (exact) mass is 437 g/mol. The number of aryl methyl sites for hydroxylation is 2. The van der Waals surface area contributed by atoms with Gasteiger partial charge >= 0.3 is 0 Å². The van der Waals surface area contributed by atoms with E-state index in [0.717, 1.165) is 31.7 Å². The zero-order valence-electron chi connectivity index (χ0n) is 10.7. The van der Waals surface area contributed by atoms with Crippen LogP contribution in [0.1, 0.15) is 18.3 Å². The molecule has 0 spiro atoms. The molecule has 102 valence electrons. The molecular formula is C13H14BrFIN3. The maximum atomic E-state index is 13.0. The number of hydrogen-bond donors (Lipinski definition) is 1. The first kappa shape index (κ1) is 14.8. The molecule has 1 aromatic heterocycles. The van der Waals surface area contributed by atoms with E-state index in [-0.39, 0.29) is 5.82 Å². The van der Waals surface area contributed by atoms with E-state index in [4.69, 9.17) is 0 Å². The lowest BCUT2D eigenvalue weighted by atomic mass is 10.3. The lowest BCUT2D eigenvalue weighted by molar-refractivity contribution is 0.621. The predicted molar refractivity (Wildman–Crippen MR) is 86.8 cm³/mol. The first-order chi connectivity index (χ1) is 9.02. The minimum absolute atomic E-state index is 0.217. The van der Waals surface area contributed by atoms with Crippen LogP contribution in [0.2, 0.25) is 0 Å². The maximum absolute atomic E-state index is 13.0. The van der Waals surface area contributed by atoms with Crippen LogP contribution < -0.4 is 5.32 Å². The fourth-order valence-electron chi connectivity index (χ4n) is 1.85. The number of aromatic nitrogens is 2. The highest BCUT2D eigenvalue weighted by Gasteiger charge is 2.12. The van der Waals surface area contributed by atoms with Gasteiger partial charge in [-0.3, -0.25) is 4.68 Å². The Morgan fingerprint density at radius 2 is 2.21 bits per heavy atom. The quantitative estimate of drug-likeness (QED) is 0.721. The van der Waals surface area contributed by atoms with Crippen molar-refractivity contribution in [3.05, 3.63) is 43.4 Å². The van der Waals surface area contributed by atoms with Gasteiger partial charge in [0.15, 0.2) is 0 Å². The number of halogens is 3. The van der Waals surface area contributed by atoms with E-state index in [2.05, 4.69) is 55.9 Å². The molecule has 0 amide bonds. The third kappa shape index (κ3) is 3.28. The van der Waals surface area contributed by atoms with Crippen LogP contribution in [-0.2, 0) is 13.1 Å². The van der Waals surface area contributed by atoms with Crippen LogP contribution >= 0.6 is 38.5 Å². The standard InChI is InChI=1S/C13H14BrFIN3/c1-3-19-12(13(14)8(2)18-19)7-17-11-5-4-9(15)6-10(11)16/h4-6,17H,3,7H2,1-2H3. The van der Waals surface area contributed by atoms with Crippen LogP contribution in [0.15, 0.2) is 22.7 Å². The van der Waals surface area contributed by atoms with E-state index >= 15 is 0 Å². The Kier molecular flexibility index (Phi) is 4.83. The number of benzene rings is 1. The van der Waals surface area contributed by atoms with Gasteiger partial charge in [-0.2, -0.15) is 5.10 Å². The Morgan fingerprint density at radius 3 is 2.84 bits per heavy atom. The Labute approximate surface area is 133 Å². The van der Waals surface area contributed by atoms with Crippen LogP contribution in [0.25, 0.3) is 0 Å². The molecule has 6 heteroatoms. The van der Waals surface area contributed by atoms with E-state index < -0.39 is 0 Å². The summed E-state index contributed by atoms with van der Waals surface area (Å²) in [5.41, 5.74) is 3.00. The Balaban J connectivity index is 2.18. The average Bonchev–Trinajstić information content (AvgIpc) is 2.65. The number of nitrogens with zero attached hydrogens (tertiary/aromatic N) is 2. The minimum Gasteiger partial charge on any atom is -0.379 e. The van der Waals surface area contributed by atoms with Crippen molar-refractivity contribution in [3.63, 3.8) is 0 Å². The van der Waals surface area contributed by atoms with Gasteiger partial charge in [-0.25, -0.2) is 4.39 Å². The molecule has 0 unspecified atom stereocenters. The molecule has 3 nitrogen and oxygen atoms in total. The number of nitrogens with one attached hydrogen (secondary N) is 1. The van der Waals surface area contributed by atoms with Gasteiger partial charge in [-0.1, -0.05) is 0 Å². The molecule has 0 fully saturated rings. The summed E-state index contributed by atoms with van der Waals surface area (Å²) in [6, 6.07) is 4.73. The molecule has 2 rings (SSSR count). The molecule has 0 bridgehead atoms. The number of anilines is 1. The summed E-state index contributed by atoms with van der Waals surface area (Å²) < 4.78 is 16.9. The Hall–Kier alpha value is -0.630. The summed E-state index contributed by atoms with van der Waals surface area (Å²) >= 11 is 5.68. The largest absolute Gasteiger partial charge is 0.379 e. The van der Waals surface area contributed by atoms with Crippen LogP contribution in [0.3, 0.4) is 0 Å². The lowest BCUT2D eigenvalue weighted by Crippen LogP contribution is -2.09. The number of rotatable bonds is 4. The predicted octanol–water partition coefficient (Wildman–Crippen LogP) is 4.33. The maximum Gasteiger partial charge on any atom is 0.124 e. The first-order valence-corrected chi connectivity index (χ1v) is 7.80. The summed E-state index contributed by atoms with van der Waals surface area (Å²) in [6.07, 6.45) is 0. The van der Waals surface area contributed by atoms with Gasteiger partial charge in [0.25, 0.3) is 0 Å². The van der Waals surface area contributed by atoms with Gasteiger partial charge in [-0.15, -0.1) is 0 Å². The van der Waals surface area contributed by atoms with Crippen molar-refractivity contribution in [1.29, 1.82) is 0 Å². The number of hydrogen-bond acceptors (Lipinski definition) is 2. The highest BCUT2D eigenvalue weighted by atomic mass is 127. The summed E-state index contributed by atoms with van der Waals surface area (Å²) in [6.45, 7) is 5.51. The molecule has 0 saturated carbocycles. The highest BCUT2D eigenvalue weighted by Crippen LogP contribution is 2.24. The summed E-state index contributed by atoms with van der Waals surface area (Å²) in [7, 11) is 0. The smallest absolute Gasteiger partial charge is 0.124 e. The van der Waals surface area contributed by atoms with Crippen LogP contribution in [0.4, 0.5) is 10.1 Å². The SMILES string of the molecule is CCn1nc(C)c(Br)c1CNc1ccc(F)cc1I. The van der Waals surface area contributed by atoms with Crippen molar-refractivity contribution in [3.8, 4) is 0 Å². The summed E-state index contributed by atoms with van der Waals surface area (Å²) in [5.74, 6) is -0.217. The summed E-state index contributed by atoms with van der Waals surface area (Å²) in [4.78, 5) is 0. The second-order valence-corrected chi connectivity index (χ2v) is 6.09. The molecule has 0 saturated heterocycles. The minimum atomic E-state index is -0.217. The molecule has 2 aromatic rings. The molecule has 1 aromatic carbocycles. The highest BCUT2D eigenvalue weighted by molar-refractivity contribution is 14.1. The molecule has 0 radical (unpaired) electrons. The van der Waals surface area contributed by atoms with E-state index in [1.165, 1.54) is 12.1 Å². The normalized spacial score (nSPS) is 10.8. The van der Waals surface area contributed by atoms with Gasteiger partial charge in [-0.05, 0) is 70.6 Å².